The lowest BCUT2D eigenvalue weighted by Gasteiger charge is -2.27. The highest BCUT2D eigenvalue weighted by Crippen LogP contribution is 2.29. The van der Waals surface area contributed by atoms with Crippen LogP contribution in [0.4, 0.5) is 0 Å². The van der Waals surface area contributed by atoms with E-state index in [0.717, 1.165) is 18.6 Å². The third kappa shape index (κ3) is 5.77. The summed E-state index contributed by atoms with van der Waals surface area (Å²) < 4.78 is 5.91. The summed E-state index contributed by atoms with van der Waals surface area (Å²) in [7, 11) is 0. The largest absolute Gasteiger partial charge is 0.495 e. The molecule has 2 aliphatic heterocycles. The first-order valence-electron chi connectivity index (χ1n) is 9.49. The van der Waals surface area contributed by atoms with Crippen LogP contribution in [0.2, 0.25) is 0 Å². The number of allylic oxidation sites excluding steroid dienone is 1. The number of nitrogens with zero attached hydrogens (tertiary/aromatic N) is 2. The van der Waals surface area contributed by atoms with Crippen molar-refractivity contribution in [2.45, 2.75) is 46.1 Å². The molecule has 2 N–H and O–H groups in total. The van der Waals surface area contributed by atoms with Gasteiger partial charge in [0.05, 0.1) is 19.1 Å². The average molecular weight is 372 g/mol. The van der Waals surface area contributed by atoms with E-state index in [1.807, 2.05) is 0 Å². The lowest BCUT2D eigenvalue weighted by molar-refractivity contribution is -0.124. The first kappa shape index (κ1) is 19.3. The van der Waals surface area contributed by atoms with Crippen molar-refractivity contribution in [1.29, 1.82) is 0 Å². The Bertz CT molecular complexity index is 711. The van der Waals surface area contributed by atoms with Gasteiger partial charge in [-0.1, -0.05) is 26.8 Å². The van der Waals surface area contributed by atoms with Crippen molar-refractivity contribution in [3.05, 3.63) is 24.1 Å². The van der Waals surface area contributed by atoms with Crippen LogP contribution >= 0.6 is 0 Å². The Kier molecular flexibility index (Phi) is 5.77. The van der Waals surface area contributed by atoms with Crippen LogP contribution < -0.4 is 10.6 Å². The molecule has 7 nitrogen and oxygen atoms in total. The summed E-state index contributed by atoms with van der Waals surface area (Å²) in [6, 6.07) is -0.276. The van der Waals surface area contributed by atoms with E-state index in [0.29, 0.717) is 25.4 Å². The van der Waals surface area contributed by atoms with Crippen LogP contribution in [0.1, 0.15) is 40.0 Å². The van der Waals surface area contributed by atoms with E-state index < -0.39 is 0 Å². The number of hydrogen-bond donors (Lipinski definition) is 2. The summed E-state index contributed by atoms with van der Waals surface area (Å²) in [5.41, 5.74) is 0.0290. The number of carbonyl (C=O) groups excluding carboxylic acids is 2. The zero-order valence-corrected chi connectivity index (χ0v) is 16.2. The smallest absolute Gasteiger partial charge is 0.228 e. The van der Waals surface area contributed by atoms with Crippen LogP contribution in [0.15, 0.2) is 34.1 Å². The lowest BCUT2D eigenvalue weighted by Crippen LogP contribution is -2.45. The van der Waals surface area contributed by atoms with Crippen molar-refractivity contribution in [3.63, 3.8) is 0 Å². The Morgan fingerprint density at radius 3 is 2.74 bits per heavy atom. The molecule has 2 unspecified atom stereocenters. The average Bonchev–Trinajstić information content (AvgIpc) is 3.46. The molecule has 0 saturated heterocycles. The molecule has 3 aliphatic rings. The van der Waals surface area contributed by atoms with Gasteiger partial charge in [0.25, 0.3) is 0 Å². The Labute approximate surface area is 160 Å². The molecule has 0 aromatic carbocycles. The van der Waals surface area contributed by atoms with Crippen LogP contribution in [0, 0.1) is 17.3 Å². The van der Waals surface area contributed by atoms with Gasteiger partial charge in [-0.3, -0.25) is 14.6 Å². The minimum absolute atomic E-state index is 0.00521. The molecule has 2 atom stereocenters. The van der Waals surface area contributed by atoms with Gasteiger partial charge in [-0.05, 0) is 24.3 Å². The summed E-state index contributed by atoms with van der Waals surface area (Å²) in [4.78, 5) is 33.1. The molecule has 1 fully saturated rings. The number of hydrogen-bond acceptors (Lipinski definition) is 5. The zero-order chi connectivity index (χ0) is 19.4. The van der Waals surface area contributed by atoms with Gasteiger partial charge in [0.1, 0.15) is 17.6 Å². The molecule has 3 rings (SSSR count). The fraction of sp³-hybridized carbons (Fsp3) is 0.600. The Morgan fingerprint density at radius 2 is 2.04 bits per heavy atom. The highest BCUT2D eigenvalue weighted by atomic mass is 16.5. The predicted octanol–water partition coefficient (Wildman–Crippen LogP) is 1.96. The van der Waals surface area contributed by atoms with Crippen molar-refractivity contribution in [1.82, 2.24) is 10.6 Å². The van der Waals surface area contributed by atoms with Crippen LogP contribution in [0.25, 0.3) is 0 Å². The second kappa shape index (κ2) is 8.06. The number of dihydropyridines is 1. The number of carbonyl (C=O) groups is 2. The number of amidine groups is 1. The fourth-order valence-electron chi connectivity index (χ4n) is 2.76. The van der Waals surface area contributed by atoms with Crippen molar-refractivity contribution >= 4 is 23.9 Å². The Morgan fingerprint density at radius 1 is 1.26 bits per heavy atom. The summed E-state index contributed by atoms with van der Waals surface area (Å²) in [6.07, 6.45) is 9.11. The van der Waals surface area contributed by atoms with Crippen LogP contribution in [-0.4, -0.2) is 43.1 Å². The molecule has 0 aromatic heterocycles. The van der Waals surface area contributed by atoms with E-state index in [1.165, 1.54) is 0 Å². The third-order valence-electron chi connectivity index (χ3n) is 4.48. The van der Waals surface area contributed by atoms with Crippen molar-refractivity contribution in [2.75, 3.05) is 13.2 Å². The molecule has 146 valence electrons. The van der Waals surface area contributed by atoms with Crippen molar-refractivity contribution in [2.24, 2.45) is 27.2 Å². The highest BCUT2D eigenvalue weighted by Gasteiger charge is 2.32. The van der Waals surface area contributed by atoms with Crippen molar-refractivity contribution in [3.8, 4) is 0 Å². The van der Waals surface area contributed by atoms with Crippen LogP contribution in [0.3, 0.4) is 0 Å². The first-order valence-corrected chi connectivity index (χ1v) is 9.49. The van der Waals surface area contributed by atoms with Gasteiger partial charge in [0, 0.05) is 24.8 Å². The molecule has 0 bridgehead atoms. The van der Waals surface area contributed by atoms with Crippen LogP contribution in [0.5, 0.6) is 0 Å². The van der Waals surface area contributed by atoms with E-state index in [9.17, 15) is 9.59 Å². The molecule has 0 radical (unpaired) electrons. The normalized spacial score (nSPS) is 24.7. The number of nitrogens with one attached hydrogen (secondary N) is 2. The second-order valence-electron chi connectivity index (χ2n) is 8.49. The predicted molar refractivity (Wildman–Crippen MR) is 104 cm³/mol. The number of ether oxygens (including phenoxy) is 1. The van der Waals surface area contributed by atoms with E-state index in [2.05, 4.69) is 41.4 Å². The van der Waals surface area contributed by atoms with Gasteiger partial charge in [-0.25, -0.2) is 4.99 Å². The molecular weight excluding hydrogens is 344 g/mol. The molecular formula is C20H28N4O3. The summed E-state index contributed by atoms with van der Waals surface area (Å²) in [5, 5.41) is 5.85. The van der Waals surface area contributed by atoms with Gasteiger partial charge < -0.3 is 15.4 Å². The molecule has 1 saturated carbocycles. The van der Waals surface area contributed by atoms with Gasteiger partial charge in [-0.2, -0.15) is 0 Å². The maximum Gasteiger partial charge on any atom is 0.228 e. The summed E-state index contributed by atoms with van der Waals surface area (Å²) in [6.45, 7) is 7.31. The molecule has 2 amide bonds. The maximum atomic E-state index is 12.7. The number of amides is 2. The van der Waals surface area contributed by atoms with Gasteiger partial charge >= 0.3 is 0 Å². The quantitative estimate of drug-likeness (QED) is 0.773. The number of aliphatic imine (C=N–C) groups is 2. The minimum Gasteiger partial charge on any atom is -0.495 e. The third-order valence-corrected chi connectivity index (χ3v) is 4.48. The fourth-order valence-corrected chi connectivity index (χ4v) is 2.76. The SMILES string of the molecule is CC(C)(C)COC1=CC=NCC1NC(=O)C1C=CN=C(NC(=O)C2CC2)C1. The zero-order valence-electron chi connectivity index (χ0n) is 16.2. The monoisotopic (exact) mass is 372 g/mol. The summed E-state index contributed by atoms with van der Waals surface area (Å²) >= 11 is 0. The second-order valence-corrected chi connectivity index (χ2v) is 8.49. The summed E-state index contributed by atoms with van der Waals surface area (Å²) in [5.74, 6) is 0.905. The molecule has 0 aromatic rings. The van der Waals surface area contributed by atoms with Crippen molar-refractivity contribution < 1.29 is 14.3 Å². The van der Waals surface area contributed by atoms with Crippen LogP contribution in [-0.2, 0) is 14.3 Å². The first-order chi connectivity index (χ1) is 12.8. The molecule has 2 heterocycles. The lowest BCUT2D eigenvalue weighted by atomic mass is 9.98. The van der Waals surface area contributed by atoms with E-state index in [-0.39, 0.29) is 35.1 Å². The molecule has 27 heavy (non-hydrogen) atoms. The topological polar surface area (TPSA) is 92.2 Å². The van der Waals surface area contributed by atoms with Gasteiger partial charge in [-0.15, -0.1) is 0 Å². The van der Waals surface area contributed by atoms with Gasteiger partial charge in [0.15, 0.2) is 0 Å². The molecule has 1 aliphatic carbocycles. The molecule has 7 heteroatoms. The van der Waals surface area contributed by atoms with E-state index in [4.69, 9.17) is 4.74 Å². The Hall–Kier alpha value is -2.44. The standard InChI is InChI=1S/C20H28N4O3/c1-20(2,3)12-27-16-7-8-21-11-15(16)23-19(26)14-6-9-22-17(10-14)24-18(25)13-4-5-13/h6-9,13-15H,4-5,10-12H2,1-3H3,(H,23,26)(H,22,24,25). The van der Waals surface area contributed by atoms with Gasteiger partial charge in [0.2, 0.25) is 11.8 Å². The number of rotatable bonds is 5. The van der Waals surface area contributed by atoms with E-state index >= 15 is 0 Å². The highest BCUT2D eigenvalue weighted by molar-refractivity contribution is 6.02. The Balaban J connectivity index is 1.54. The maximum absolute atomic E-state index is 12.7. The minimum atomic E-state index is -0.369. The molecule has 0 spiro atoms. The van der Waals surface area contributed by atoms with E-state index in [1.54, 1.807) is 24.6 Å².